The molecule has 2 rings (SSSR count). The molecule has 1 heterocycles. The van der Waals surface area contributed by atoms with Gasteiger partial charge in [-0.25, -0.2) is 0 Å². The summed E-state index contributed by atoms with van der Waals surface area (Å²) in [7, 11) is 0. The van der Waals surface area contributed by atoms with E-state index < -0.39 is 6.10 Å². The van der Waals surface area contributed by atoms with Gasteiger partial charge in [-0.05, 0) is 31.9 Å². The topological polar surface area (TPSA) is 64.7 Å². The molecule has 4 heteroatoms. The Kier molecular flexibility index (Phi) is 4.55. The van der Waals surface area contributed by atoms with Crippen LogP contribution in [0.2, 0.25) is 0 Å². The van der Waals surface area contributed by atoms with Crippen LogP contribution in [0.15, 0.2) is 12.1 Å². The first-order valence-corrected chi connectivity index (χ1v) is 7.34. The first-order chi connectivity index (χ1) is 9.43. The van der Waals surface area contributed by atoms with E-state index in [1.54, 1.807) is 0 Å². The van der Waals surface area contributed by atoms with Crippen molar-refractivity contribution >= 4 is 0 Å². The molecule has 0 fully saturated rings. The molecule has 20 heavy (non-hydrogen) atoms. The summed E-state index contributed by atoms with van der Waals surface area (Å²) in [5.74, 6) is 1.74. The van der Waals surface area contributed by atoms with E-state index in [1.807, 2.05) is 39.8 Å². The Balaban J connectivity index is 2.38. The van der Waals surface area contributed by atoms with Gasteiger partial charge < -0.3 is 20.3 Å². The number of ether oxygens (including phenoxy) is 2. The fraction of sp³-hybridized carbons (Fsp3) is 0.625. The Hall–Kier alpha value is -1.26. The Morgan fingerprint density at radius 2 is 2.15 bits per heavy atom. The van der Waals surface area contributed by atoms with Crippen molar-refractivity contribution < 1.29 is 14.6 Å². The minimum Gasteiger partial charge on any atom is -0.493 e. The molecule has 0 bridgehead atoms. The molecule has 3 unspecified atom stereocenters. The molecule has 1 aromatic rings. The van der Waals surface area contributed by atoms with Crippen molar-refractivity contribution in [1.29, 1.82) is 0 Å². The number of aliphatic hydroxyl groups excluding tert-OH is 1. The fourth-order valence-electron chi connectivity index (χ4n) is 2.54. The molecule has 3 N–H and O–H groups in total. The van der Waals surface area contributed by atoms with E-state index >= 15 is 0 Å². The van der Waals surface area contributed by atoms with Gasteiger partial charge in [0.25, 0.3) is 0 Å². The van der Waals surface area contributed by atoms with Crippen molar-refractivity contribution in [2.75, 3.05) is 6.61 Å². The normalized spacial score (nSPS) is 20.4. The van der Waals surface area contributed by atoms with Gasteiger partial charge in [-0.3, -0.25) is 0 Å². The lowest BCUT2D eigenvalue weighted by atomic mass is 9.92. The molecule has 0 aliphatic carbocycles. The number of nitrogens with two attached hydrogens (primary N) is 1. The predicted molar refractivity (Wildman–Crippen MR) is 79.2 cm³/mol. The van der Waals surface area contributed by atoms with E-state index in [0.29, 0.717) is 12.4 Å². The van der Waals surface area contributed by atoms with Gasteiger partial charge in [0.2, 0.25) is 0 Å². The van der Waals surface area contributed by atoms with E-state index in [9.17, 15) is 5.11 Å². The zero-order chi connectivity index (χ0) is 14.9. The molecule has 3 atom stereocenters. The highest BCUT2D eigenvalue weighted by Gasteiger charge is 2.28. The van der Waals surface area contributed by atoms with Gasteiger partial charge in [0.15, 0.2) is 0 Å². The Morgan fingerprint density at radius 1 is 1.45 bits per heavy atom. The number of hydrogen-bond donors (Lipinski definition) is 2. The monoisotopic (exact) mass is 279 g/mol. The highest BCUT2D eigenvalue weighted by molar-refractivity contribution is 5.50. The summed E-state index contributed by atoms with van der Waals surface area (Å²) in [5, 5.41) is 10.5. The maximum Gasteiger partial charge on any atom is 0.125 e. The van der Waals surface area contributed by atoms with Crippen molar-refractivity contribution in [2.45, 2.75) is 52.4 Å². The number of rotatable bonds is 5. The minimum absolute atomic E-state index is 0.172. The maximum absolute atomic E-state index is 10.5. The van der Waals surface area contributed by atoms with Gasteiger partial charge in [-0.1, -0.05) is 13.8 Å². The Labute approximate surface area is 120 Å². The van der Waals surface area contributed by atoms with E-state index in [-0.39, 0.29) is 18.1 Å². The third kappa shape index (κ3) is 2.91. The van der Waals surface area contributed by atoms with Crippen LogP contribution in [-0.4, -0.2) is 23.9 Å². The summed E-state index contributed by atoms with van der Waals surface area (Å²) < 4.78 is 11.4. The van der Waals surface area contributed by atoms with Gasteiger partial charge in [-0.2, -0.15) is 0 Å². The van der Waals surface area contributed by atoms with Crippen LogP contribution >= 0.6 is 0 Å². The Bertz CT molecular complexity index is 473. The van der Waals surface area contributed by atoms with Gasteiger partial charge >= 0.3 is 0 Å². The zero-order valence-corrected chi connectivity index (χ0v) is 12.7. The van der Waals surface area contributed by atoms with Gasteiger partial charge in [0.05, 0.1) is 12.7 Å². The second-order valence-corrected chi connectivity index (χ2v) is 5.83. The van der Waals surface area contributed by atoms with Crippen LogP contribution in [-0.2, 0) is 6.42 Å². The van der Waals surface area contributed by atoms with Crippen LogP contribution in [0.5, 0.6) is 11.5 Å². The van der Waals surface area contributed by atoms with Crippen molar-refractivity contribution in [3.05, 3.63) is 23.3 Å². The maximum atomic E-state index is 10.5. The molecule has 0 spiro atoms. The molecule has 0 amide bonds. The summed E-state index contributed by atoms with van der Waals surface area (Å²) in [4.78, 5) is 0. The lowest BCUT2D eigenvalue weighted by molar-refractivity contribution is 0.121. The third-order valence-corrected chi connectivity index (χ3v) is 3.78. The number of benzene rings is 1. The first kappa shape index (κ1) is 15.1. The molecule has 1 aromatic carbocycles. The van der Waals surface area contributed by atoms with E-state index in [4.69, 9.17) is 15.2 Å². The molecule has 0 aromatic heterocycles. The number of fused-ring (bicyclic) bond motifs is 1. The molecule has 0 saturated heterocycles. The molecule has 0 radical (unpaired) electrons. The molecule has 4 nitrogen and oxygen atoms in total. The van der Waals surface area contributed by atoms with Crippen LogP contribution in [0.4, 0.5) is 0 Å². The van der Waals surface area contributed by atoms with Crippen LogP contribution in [0.3, 0.4) is 0 Å². The second-order valence-electron chi connectivity index (χ2n) is 5.83. The zero-order valence-electron chi connectivity index (χ0n) is 12.7. The van der Waals surface area contributed by atoms with Crippen LogP contribution in [0.1, 0.15) is 44.9 Å². The molecule has 0 saturated carbocycles. The summed E-state index contributed by atoms with van der Waals surface area (Å²) in [6.07, 6.45) is 0.300. The highest BCUT2D eigenvalue weighted by Crippen LogP contribution is 2.38. The van der Waals surface area contributed by atoms with E-state index in [1.165, 1.54) is 0 Å². The largest absolute Gasteiger partial charge is 0.493 e. The Morgan fingerprint density at radius 3 is 2.75 bits per heavy atom. The number of aliphatic hydroxyl groups is 1. The van der Waals surface area contributed by atoms with Crippen LogP contribution in [0, 0.1) is 5.92 Å². The van der Waals surface area contributed by atoms with E-state index in [2.05, 4.69) is 0 Å². The minimum atomic E-state index is -0.749. The lowest BCUT2D eigenvalue weighted by Gasteiger charge is -2.24. The smallest absolute Gasteiger partial charge is 0.125 e. The van der Waals surface area contributed by atoms with Gasteiger partial charge in [0.1, 0.15) is 17.6 Å². The molecule has 1 aliphatic heterocycles. The molecule has 1 aliphatic rings. The number of hydrogen-bond acceptors (Lipinski definition) is 4. The van der Waals surface area contributed by atoms with Crippen molar-refractivity contribution in [2.24, 2.45) is 11.7 Å². The quantitative estimate of drug-likeness (QED) is 0.869. The summed E-state index contributed by atoms with van der Waals surface area (Å²) in [6.45, 7) is 8.54. The van der Waals surface area contributed by atoms with Crippen molar-refractivity contribution in [1.82, 2.24) is 0 Å². The van der Waals surface area contributed by atoms with E-state index in [0.717, 1.165) is 23.3 Å². The SMILES string of the molecule is CCOc1cc2c(cc1C(O)C(N)C(C)C)OC(C)C2. The van der Waals surface area contributed by atoms with Gasteiger partial charge in [-0.15, -0.1) is 0 Å². The van der Waals surface area contributed by atoms with Crippen molar-refractivity contribution in [3.63, 3.8) is 0 Å². The average molecular weight is 279 g/mol. The summed E-state index contributed by atoms with van der Waals surface area (Å²) >= 11 is 0. The fourth-order valence-corrected chi connectivity index (χ4v) is 2.54. The highest BCUT2D eigenvalue weighted by atomic mass is 16.5. The molecular weight excluding hydrogens is 254 g/mol. The molecular formula is C16H25NO3. The second kappa shape index (κ2) is 6.02. The first-order valence-electron chi connectivity index (χ1n) is 7.34. The standard InChI is InChI=1S/C16H25NO3/c1-5-19-14-7-11-6-10(4)20-13(11)8-12(14)16(18)15(17)9(2)3/h7-10,15-16,18H,5-6,17H2,1-4H3. The van der Waals surface area contributed by atoms with Gasteiger partial charge in [0, 0.05) is 23.6 Å². The summed E-state index contributed by atoms with van der Waals surface area (Å²) in [5.41, 5.74) is 7.94. The van der Waals surface area contributed by atoms with Crippen LogP contribution < -0.4 is 15.2 Å². The lowest BCUT2D eigenvalue weighted by Crippen LogP contribution is -2.33. The predicted octanol–water partition coefficient (Wildman–Crippen LogP) is 2.43. The van der Waals surface area contributed by atoms with Crippen LogP contribution in [0.25, 0.3) is 0 Å². The average Bonchev–Trinajstić information content (AvgIpc) is 2.75. The van der Waals surface area contributed by atoms with Crippen molar-refractivity contribution in [3.8, 4) is 11.5 Å². The summed E-state index contributed by atoms with van der Waals surface area (Å²) in [6, 6.07) is 3.54. The molecule has 112 valence electrons. The third-order valence-electron chi connectivity index (χ3n) is 3.78.